The molecule has 1 aromatic heterocycles. The van der Waals surface area contributed by atoms with E-state index >= 15 is 0 Å². The van der Waals surface area contributed by atoms with Gasteiger partial charge in [0, 0.05) is 17.0 Å². The van der Waals surface area contributed by atoms with Crippen LogP contribution in [0.3, 0.4) is 0 Å². The maximum atomic E-state index is 12.3. The number of ether oxygens (including phenoxy) is 1. The zero-order chi connectivity index (χ0) is 21.7. The summed E-state index contributed by atoms with van der Waals surface area (Å²) in [7, 11) is 0. The molecule has 158 valence electrons. The molecule has 1 heterocycles. The number of aromatic nitrogens is 1. The van der Waals surface area contributed by atoms with E-state index in [-0.39, 0.29) is 17.3 Å². The molecule has 1 atom stereocenters. The van der Waals surface area contributed by atoms with Crippen LogP contribution in [0, 0.1) is 0 Å². The zero-order valence-corrected chi connectivity index (χ0v) is 17.2. The Balaban J connectivity index is 0.000000537. The topological polar surface area (TPSA) is 64.7 Å². The second kappa shape index (κ2) is 9.22. The Labute approximate surface area is 169 Å². The van der Waals surface area contributed by atoms with E-state index in [0.717, 1.165) is 22.2 Å². The minimum atomic E-state index is -4.34. The number of alkyl halides is 3. The van der Waals surface area contributed by atoms with Gasteiger partial charge in [-0.3, -0.25) is 0 Å². The molecule has 0 aliphatic carbocycles. The molecule has 0 saturated heterocycles. The number of H-pyrrole nitrogens is 1. The zero-order valence-electron chi connectivity index (χ0n) is 17.2. The first-order valence-corrected chi connectivity index (χ1v) is 9.40. The number of halogens is 3. The van der Waals surface area contributed by atoms with E-state index in [2.05, 4.69) is 36.8 Å². The van der Waals surface area contributed by atoms with Gasteiger partial charge in [-0.2, -0.15) is 13.2 Å². The number of hydrogen-bond donors (Lipinski definition) is 3. The van der Waals surface area contributed by atoms with Crippen LogP contribution >= 0.6 is 0 Å². The van der Waals surface area contributed by atoms with Crippen LogP contribution in [0.4, 0.5) is 19.0 Å². The van der Waals surface area contributed by atoms with Crippen LogP contribution in [0.5, 0.6) is 5.75 Å². The van der Waals surface area contributed by atoms with Crippen molar-refractivity contribution in [2.45, 2.75) is 45.5 Å². The fourth-order valence-corrected chi connectivity index (χ4v) is 2.54. The summed E-state index contributed by atoms with van der Waals surface area (Å²) in [4.78, 5) is 3.18. The summed E-state index contributed by atoms with van der Waals surface area (Å²) >= 11 is 0. The van der Waals surface area contributed by atoms with Gasteiger partial charge in [0.2, 0.25) is 0 Å². The molecule has 0 amide bonds. The fourth-order valence-electron chi connectivity index (χ4n) is 2.54. The normalized spacial score (nSPS) is 12.8. The van der Waals surface area contributed by atoms with Crippen LogP contribution in [0.15, 0.2) is 54.7 Å². The van der Waals surface area contributed by atoms with Gasteiger partial charge in [-0.25, -0.2) is 0 Å². The molecular formula is C22H29F3N3O+. The third-order valence-electron chi connectivity index (χ3n) is 3.72. The molecular weight excluding hydrogens is 379 g/mol. The number of quaternary nitrogens is 1. The number of rotatable bonds is 5. The van der Waals surface area contributed by atoms with Gasteiger partial charge >= 0.3 is 6.18 Å². The SMILES string of the molecule is CC(C)(C)[NH3+].CC(Nc1[nH]cc2ccccc12)c1cccc(OCC(F)(F)F)c1. The lowest BCUT2D eigenvalue weighted by Gasteiger charge is -2.16. The highest BCUT2D eigenvalue weighted by atomic mass is 19.4. The van der Waals surface area contributed by atoms with E-state index in [1.807, 2.05) is 43.5 Å². The summed E-state index contributed by atoms with van der Waals surface area (Å²) in [5.41, 5.74) is 4.86. The fraction of sp³-hybridized carbons (Fsp3) is 0.364. The summed E-state index contributed by atoms with van der Waals surface area (Å²) in [5, 5.41) is 5.50. The first-order valence-electron chi connectivity index (χ1n) is 9.40. The van der Waals surface area contributed by atoms with Gasteiger partial charge in [0.25, 0.3) is 0 Å². The number of nitrogens with one attached hydrogen (secondary N) is 2. The van der Waals surface area contributed by atoms with E-state index < -0.39 is 12.8 Å². The quantitative estimate of drug-likeness (QED) is 0.536. The van der Waals surface area contributed by atoms with Crippen molar-refractivity contribution in [3.05, 3.63) is 60.3 Å². The minimum absolute atomic E-state index is 0.0958. The summed E-state index contributed by atoms with van der Waals surface area (Å²) in [5.74, 6) is 1.08. The monoisotopic (exact) mass is 408 g/mol. The molecule has 7 heteroatoms. The maximum Gasteiger partial charge on any atom is 0.422 e. The molecule has 0 aliphatic rings. The number of aromatic amines is 1. The first kappa shape index (κ1) is 22.6. The van der Waals surface area contributed by atoms with Crippen LogP contribution in [0.1, 0.15) is 39.3 Å². The van der Waals surface area contributed by atoms with Crippen molar-refractivity contribution in [1.29, 1.82) is 0 Å². The molecule has 1 unspecified atom stereocenters. The molecule has 3 rings (SSSR count). The highest BCUT2D eigenvalue weighted by Crippen LogP contribution is 2.28. The molecule has 4 nitrogen and oxygen atoms in total. The third kappa shape index (κ3) is 8.07. The molecule has 5 N–H and O–H groups in total. The standard InChI is InChI=1S/C18H17F3N2O.C4H11N/c1-12(23-17-16-8-3-2-5-14(16)10-22-17)13-6-4-7-15(9-13)24-11-18(19,20)21;1-4(2,3)5/h2-10,12,22-23H,11H2,1H3;5H2,1-3H3/p+1. The predicted octanol–water partition coefficient (Wildman–Crippen LogP) is 5.31. The van der Waals surface area contributed by atoms with E-state index in [4.69, 9.17) is 4.74 Å². The molecule has 29 heavy (non-hydrogen) atoms. The second-order valence-electron chi connectivity index (χ2n) is 8.15. The Morgan fingerprint density at radius 2 is 1.72 bits per heavy atom. The Bertz CT molecular complexity index is 907. The lowest BCUT2D eigenvalue weighted by molar-refractivity contribution is -0.458. The van der Waals surface area contributed by atoms with Gasteiger partial charge < -0.3 is 20.8 Å². The highest BCUT2D eigenvalue weighted by molar-refractivity contribution is 5.92. The van der Waals surface area contributed by atoms with Crippen LogP contribution in [0.2, 0.25) is 0 Å². The van der Waals surface area contributed by atoms with E-state index in [1.165, 1.54) is 6.07 Å². The van der Waals surface area contributed by atoms with E-state index in [0.29, 0.717) is 0 Å². The van der Waals surface area contributed by atoms with Crippen molar-refractivity contribution in [2.24, 2.45) is 0 Å². The Morgan fingerprint density at radius 3 is 2.38 bits per heavy atom. The largest absolute Gasteiger partial charge is 0.484 e. The number of fused-ring (bicyclic) bond motifs is 1. The summed E-state index contributed by atoms with van der Waals surface area (Å²) < 4.78 is 41.6. The van der Waals surface area contributed by atoms with Crippen molar-refractivity contribution >= 4 is 16.6 Å². The minimum Gasteiger partial charge on any atom is -0.484 e. The van der Waals surface area contributed by atoms with Crippen molar-refractivity contribution in [1.82, 2.24) is 4.98 Å². The Morgan fingerprint density at radius 1 is 1.07 bits per heavy atom. The Kier molecular flexibility index (Phi) is 7.19. The summed E-state index contributed by atoms with van der Waals surface area (Å²) in [6.45, 7) is 6.88. The number of benzene rings is 2. The van der Waals surface area contributed by atoms with Gasteiger partial charge in [-0.05, 0) is 45.4 Å². The lowest BCUT2D eigenvalue weighted by atomic mass is 10.1. The second-order valence-corrected chi connectivity index (χ2v) is 8.15. The Hall–Kier alpha value is -2.67. The average molecular weight is 408 g/mol. The molecule has 0 fully saturated rings. The van der Waals surface area contributed by atoms with E-state index in [1.54, 1.807) is 12.1 Å². The van der Waals surface area contributed by atoms with Crippen molar-refractivity contribution in [3.63, 3.8) is 0 Å². The molecule has 0 bridgehead atoms. The maximum absolute atomic E-state index is 12.3. The van der Waals surface area contributed by atoms with Gasteiger partial charge in [0.15, 0.2) is 6.61 Å². The summed E-state index contributed by atoms with van der Waals surface area (Å²) in [6, 6.07) is 14.5. The number of anilines is 1. The third-order valence-corrected chi connectivity index (χ3v) is 3.72. The van der Waals surface area contributed by atoms with Gasteiger partial charge in [0.1, 0.15) is 11.6 Å². The average Bonchev–Trinajstić information content (AvgIpc) is 3.01. The lowest BCUT2D eigenvalue weighted by Crippen LogP contribution is -2.67. The summed E-state index contributed by atoms with van der Waals surface area (Å²) in [6.07, 6.45) is -2.43. The van der Waals surface area contributed by atoms with Gasteiger partial charge in [-0.15, -0.1) is 0 Å². The van der Waals surface area contributed by atoms with E-state index in [9.17, 15) is 13.2 Å². The highest BCUT2D eigenvalue weighted by Gasteiger charge is 2.28. The number of hydrogen-bond acceptors (Lipinski definition) is 2. The van der Waals surface area contributed by atoms with Crippen molar-refractivity contribution in [3.8, 4) is 5.75 Å². The molecule has 0 aliphatic heterocycles. The smallest absolute Gasteiger partial charge is 0.422 e. The molecule has 2 aromatic carbocycles. The molecule has 3 aromatic rings. The van der Waals surface area contributed by atoms with Gasteiger partial charge in [-0.1, -0.05) is 36.4 Å². The van der Waals surface area contributed by atoms with Crippen molar-refractivity contribution < 1.29 is 23.6 Å². The van der Waals surface area contributed by atoms with Crippen LogP contribution < -0.4 is 15.8 Å². The van der Waals surface area contributed by atoms with Crippen LogP contribution in [-0.4, -0.2) is 23.3 Å². The van der Waals surface area contributed by atoms with Crippen molar-refractivity contribution in [2.75, 3.05) is 11.9 Å². The van der Waals surface area contributed by atoms with Gasteiger partial charge in [0.05, 0.1) is 11.6 Å². The molecule has 0 saturated carbocycles. The van der Waals surface area contributed by atoms with Crippen LogP contribution in [0.25, 0.3) is 10.8 Å². The predicted molar refractivity (Wildman–Crippen MR) is 111 cm³/mol. The molecule has 0 radical (unpaired) electrons. The first-order chi connectivity index (χ1) is 13.4. The van der Waals surface area contributed by atoms with Crippen LogP contribution in [-0.2, 0) is 0 Å². The molecule has 0 spiro atoms.